The van der Waals surface area contributed by atoms with Gasteiger partial charge in [-0.2, -0.15) is 0 Å². The number of aldehydes is 1. The number of H-pyrrole nitrogens is 1. The zero-order valence-corrected chi connectivity index (χ0v) is 43.0. The molecule has 0 bridgehead atoms. The zero-order valence-electron chi connectivity index (χ0n) is 43.0. The van der Waals surface area contributed by atoms with Gasteiger partial charge in [0, 0.05) is 31.3 Å². The molecule has 9 atom stereocenters. The van der Waals surface area contributed by atoms with Gasteiger partial charge in [-0.25, -0.2) is 4.98 Å². The summed E-state index contributed by atoms with van der Waals surface area (Å²) in [5, 5.41) is 19.1. The molecule has 71 heavy (non-hydrogen) atoms. The fourth-order valence-corrected chi connectivity index (χ4v) is 7.41. The molecule has 0 unspecified atom stereocenters. The molecular formula is C47H85N15O9. The van der Waals surface area contributed by atoms with Gasteiger partial charge in [-0.05, 0) is 81.6 Å². The second kappa shape index (κ2) is 33.4. The smallest absolute Gasteiger partial charge is 0.243 e. The first-order chi connectivity index (χ1) is 33.4. The summed E-state index contributed by atoms with van der Waals surface area (Å²) in [6, 6.07) is -9.13. The summed E-state index contributed by atoms with van der Waals surface area (Å²) in [5.41, 5.74) is 28.5. The van der Waals surface area contributed by atoms with E-state index in [1.54, 1.807) is 6.92 Å². The molecule has 0 aliphatic rings. The van der Waals surface area contributed by atoms with Crippen molar-refractivity contribution in [3.63, 3.8) is 0 Å². The van der Waals surface area contributed by atoms with Gasteiger partial charge in [-0.3, -0.25) is 43.3 Å². The number of guanidine groups is 1. The topological polar surface area (TPSA) is 409 Å². The van der Waals surface area contributed by atoms with Crippen molar-refractivity contribution in [1.82, 2.24) is 47.2 Å². The predicted molar refractivity (Wildman–Crippen MR) is 269 cm³/mol. The van der Waals surface area contributed by atoms with E-state index in [9.17, 15) is 43.2 Å². The number of primary amides is 1. The van der Waals surface area contributed by atoms with Crippen LogP contribution in [0, 0.1) is 23.7 Å². The number of carbonyl (C=O) groups excluding carboxylic acids is 9. The summed E-state index contributed by atoms with van der Waals surface area (Å²) in [6.07, 6.45) is 5.79. The zero-order chi connectivity index (χ0) is 53.8. The standard InChI is InChI=1S/C47H85N15O9/c1-9-29(8)39(62-40(65)32(49)13-10-11-17-48)46(71)61-36(21-28(6)7)44(69)60-37(22-31-23-53-25-55-31)45(70)57-33(14-12-18-54-47(51)52)41(66)58-35(20-27(4)5)43(68)59-34(19-26(2)3)42(67)56-30(24-63)15-16-38(50)64/h23-30,32-37,39H,9-22,48-49H2,1-8H3,(H2,50,64)(H,53,55)(H,56,67)(H,57,70)(H,58,66)(H,59,68)(H,60,69)(H,61,71)(H,62,65)(H4,51,52,54)/t29-,30-,32-,33-,34-,35-,36-,37-,39-/m0/s1. The summed E-state index contributed by atoms with van der Waals surface area (Å²) in [5.74, 6) is -6.36. The molecule has 0 aromatic carbocycles. The minimum atomic E-state index is -1.35. The Balaban J connectivity index is 3.56. The van der Waals surface area contributed by atoms with Gasteiger partial charge in [0.1, 0.15) is 42.5 Å². The maximum atomic E-state index is 14.4. The number of hydrogen-bond acceptors (Lipinski definition) is 13. The van der Waals surface area contributed by atoms with Crippen LogP contribution in [0.4, 0.5) is 0 Å². The van der Waals surface area contributed by atoms with E-state index in [0.717, 1.165) is 0 Å². The number of hydrogen-bond donors (Lipinski definition) is 13. The monoisotopic (exact) mass is 1000 g/mol. The van der Waals surface area contributed by atoms with E-state index < -0.39 is 95.6 Å². The molecule has 1 aromatic heterocycles. The van der Waals surface area contributed by atoms with E-state index in [-0.39, 0.29) is 87.5 Å². The van der Waals surface area contributed by atoms with Crippen molar-refractivity contribution in [3.8, 4) is 0 Å². The number of aromatic nitrogens is 2. The fourth-order valence-electron chi connectivity index (χ4n) is 7.41. The van der Waals surface area contributed by atoms with Crippen LogP contribution >= 0.6 is 0 Å². The Bertz CT molecular complexity index is 1870. The fraction of sp³-hybridized carbons (Fsp3) is 0.723. The number of unbranched alkanes of at least 4 members (excludes halogenated alkanes) is 1. The Morgan fingerprint density at radius 1 is 0.634 bits per heavy atom. The molecule has 402 valence electrons. The van der Waals surface area contributed by atoms with Crippen molar-refractivity contribution in [2.24, 2.45) is 57.3 Å². The van der Waals surface area contributed by atoms with Crippen LogP contribution in [0.2, 0.25) is 0 Å². The molecule has 0 radical (unpaired) electrons. The normalized spacial score (nSPS) is 15.1. The minimum absolute atomic E-state index is 0.0305. The first kappa shape index (κ1) is 62.8. The van der Waals surface area contributed by atoms with Crippen LogP contribution in [-0.2, 0) is 49.6 Å². The molecule has 0 aliphatic heterocycles. The first-order valence-electron chi connectivity index (χ1n) is 24.8. The highest BCUT2D eigenvalue weighted by Gasteiger charge is 2.36. The largest absolute Gasteiger partial charge is 0.370 e. The lowest BCUT2D eigenvalue weighted by atomic mass is 9.96. The highest BCUT2D eigenvalue weighted by molar-refractivity contribution is 5.97. The number of imidazole rings is 1. The molecule has 18 N–H and O–H groups in total. The third-order valence-electron chi connectivity index (χ3n) is 11.5. The Hall–Kier alpha value is -6.17. The second-order valence-electron chi connectivity index (χ2n) is 19.4. The highest BCUT2D eigenvalue weighted by Crippen LogP contribution is 2.14. The number of rotatable bonds is 36. The molecule has 0 saturated heterocycles. The molecule has 1 aromatic rings. The summed E-state index contributed by atoms with van der Waals surface area (Å²) in [7, 11) is 0. The number of nitrogens with two attached hydrogens (primary N) is 5. The number of amides is 8. The Labute approximate surface area is 418 Å². The SMILES string of the molecule is CC[C@H](C)[C@H](NC(=O)[C@@H](N)CCCCN)C(=O)N[C@@H](CC(C)C)C(=O)N[C@@H](Cc1cnc[nH]1)C(=O)N[C@@H](CCCN=C(N)N)C(=O)N[C@@H](CC(C)C)C(=O)N[C@@H](CC(C)C)C(=O)N[C@H](C=O)CCC(N)=O. The minimum Gasteiger partial charge on any atom is -0.370 e. The summed E-state index contributed by atoms with van der Waals surface area (Å²) >= 11 is 0. The van der Waals surface area contributed by atoms with Crippen LogP contribution in [0.3, 0.4) is 0 Å². The van der Waals surface area contributed by atoms with Crippen LogP contribution in [0.15, 0.2) is 17.5 Å². The average molecular weight is 1000 g/mol. The predicted octanol–water partition coefficient (Wildman–Crippen LogP) is -1.50. The van der Waals surface area contributed by atoms with E-state index in [2.05, 4.69) is 52.2 Å². The van der Waals surface area contributed by atoms with Gasteiger partial charge in [0.25, 0.3) is 0 Å². The molecule has 0 spiro atoms. The molecule has 24 heteroatoms. The van der Waals surface area contributed by atoms with Crippen LogP contribution < -0.4 is 65.9 Å². The van der Waals surface area contributed by atoms with Gasteiger partial charge in [-0.1, -0.05) is 68.2 Å². The number of carbonyl (C=O) groups is 9. The summed E-state index contributed by atoms with van der Waals surface area (Å²) in [6.45, 7) is 15.2. The first-order valence-corrected chi connectivity index (χ1v) is 24.8. The van der Waals surface area contributed by atoms with Gasteiger partial charge in [0.2, 0.25) is 47.3 Å². The molecule has 1 heterocycles. The molecule has 1 rings (SSSR count). The maximum absolute atomic E-state index is 14.4. The van der Waals surface area contributed by atoms with E-state index in [1.165, 1.54) is 12.5 Å². The van der Waals surface area contributed by atoms with Crippen LogP contribution in [0.25, 0.3) is 0 Å². The lowest BCUT2D eigenvalue weighted by Gasteiger charge is -2.29. The van der Waals surface area contributed by atoms with Crippen molar-refractivity contribution in [3.05, 3.63) is 18.2 Å². The van der Waals surface area contributed by atoms with Crippen molar-refractivity contribution < 1.29 is 43.2 Å². The van der Waals surface area contributed by atoms with E-state index >= 15 is 0 Å². The number of nitrogens with one attached hydrogen (secondary N) is 8. The Kier molecular flexibility index (Phi) is 29.6. The number of aliphatic imine (C=N–C) groups is 1. The summed E-state index contributed by atoms with van der Waals surface area (Å²) < 4.78 is 0. The lowest BCUT2D eigenvalue weighted by Crippen LogP contribution is -2.61. The van der Waals surface area contributed by atoms with Gasteiger partial charge >= 0.3 is 0 Å². The third-order valence-corrected chi connectivity index (χ3v) is 11.5. The van der Waals surface area contributed by atoms with Gasteiger partial charge < -0.3 is 75.7 Å². The Morgan fingerprint density at radius 2 is 1.13 bits per heavy atom. The molecule has 0 saturated carbocycles. The molecule has 0 aliphatic carbocycles. The lowest BCUT2D eigenvalue weighted by molar-refractivity contribution is -0.136. The number of aromatic amines is 1. The molecule has 24 nitrogen and oxygen atoms in total. The number of nitrogens with zero attached hydrogens (tertiary/aromatic N) is 2. The summed E-state index contributed by atoms with van der Waals surface area (Å²) in [4.78, 5) is 132. The average Bonchev–Trinajstić information content (AvgIpc) is 3.81. The quantitative estimate of drug-likeness (QED) is 0.0158. The maximum Gasteiger partial charge on any atom is 0.243 e. The van der Waals surface area contributed by atoms with Crippen LogP contribution in [-0.4, -0.2) is 131 Å². The van der Waals surface area contributed by atoms with Crippen molar-refractivity contribution >= 4 is 59.5 Å². The molecular weight excluding hydrogens is 919 g/mol. The molecule has 8 amide bonds. The van der Waals surface area contributed by atoms with Crippen LogP contribution in [0.5, 0.6) is 0 Å². The van der Waals surface area contributed by atoms with Crippen molar-refractivity contribution in [2.45, 2.75) is 181 Å². The van der Waals surface area contributed by atoms with Gasteiger partial charge in [-0.15, -0.1) is 0 Å². The van der Waals surface area contributed by atoms with Crippen molar-refractivity contribution in [1.29, 1.82) is 0 Å². The van der Waals surface area contributed by atoms with Gasteiger partial charge in [0.15, 0.2) is 5.96 Å². The highest BCUT2D eigenvalue weighted by atomic mass is 16.2. The van der Waals surface area contributed by atoms with E-state index in [4.69, 9.17) is 28.7 Å². The Morgan fingerprint density at radius 3 is 1.59 bits per heavy atom. The van der Waals surface area contributed by atoms with E-state index in [0.29, 0.717) is 44.2 Å². The van der Waals surface area contributed by atoms with Crippen LogP contribution in [0.1, 0.15) is 132 Å². The second-order valence-corrected chi connectivity index (χ2v) is 19.4. The molecule has 0 fully saturated rings. The van der Waals surface area contributed by atoms with Crippen molar-refractivity contribution in [2.75, 3.05) is 13.1 Å². The van der Waals surface area contributed by atoms with E-state index in [1.807, 2.05) is 48.5 Å². The van der Waals surface area contributed by atoms with Gasteiger partial charge in [0.05, 0.1) is 18.4 Å². The third kappa shape index (κ3) is 25.5.